The number of aromatic nitrogens is 7. The van der Waals surface area contributed by atoms with E-state index in [-0.39, 0.29) is 62.0 Å². The van der Waals surface area contributed by atoms with Crippen molar-refractivity contribution >= 4 is 55.4 Å². The molecule has 0 spiro atoms. The Balaban J connectivity index is 1.43. The first-order valence-corrected chi connectivity index (χ1v) is 19.3. The third kappa shape index (κ3) is 7.63. The number of carbonyl (C=O) groups excluding carboxylic acids is 1. The second kappa shape index (κ2) is 14.0. The second-order valence-corrected chi connectivity index (χ2v) is 16.5. The molecule has 0 saturated heterocycles. The Labute approximate surface area is 324 Å². The average Bonchev–Trinajstić information content (AvgIpc) is 3.81. The fourth-order valence-electron chi connectivity index (χ4n) is 7.12. The molecule has 1 aliphatic rings. The predicted octanol–water partition coefficient (Wildman–Crippen LogP) is 5.77. The summed E-state index contributed by atoms with van der Waals surface area (Å²) in [4.78, 5) is 26.1. The molecule has 0 radical (unpaired) electrons. The minimum atomic E-state index is -3.85. The van der Waals surface area contributed by atoms with Crippen LogP contribution in [0.4, 0.5) is 32.2 Å². The van der Waals surface area contributed by atoms with Gasteiger partial charge < -0.3 is 21.1 Å². The van der Waals surface area contributed by atoms with Crippen LogP contribution < -0.4 is 15.8 Å². The number of nitrogens with one attached hydrogen (secondary N) is 3. The van der Waals surface area contributed by atoms with Crippen molar-refractivity contribution in [2.45, 2.75) is 63.3 Å². The SMILES string of the molecule is Cn1nc(NS(C)(=O)=O)c2c(Cl)ccc(-c3cc4[nH]c(C(C)(C)O)nc4nc3[C@H](Cc3cc(F)cc(F)c3)NC(=O)Cn3nc(C(F)F)c4c3C(F)(F)C[C@@H]4N)c21. The Bertz CT molecular complexity index is 2690. The molecule has 57 heavy (non-hydrogen) atoms. The van der Waals surface area contributed by atoms with E-state index in [4.69, 9.17) is 22.3 Å². The van der Waals surface area contributed by atoms with Crippen LogP contribution in [0, 0.1) is 11.6 Å². The second-order valence-electron chi connectivity index (χ2n) is 14.3. The number of hydrogen-bond acceptors (Lipinski definition) is 9. The monoisotopic (exact) mass is 838 g/mol. The maximum absolute atomic E-state index is 15.1. The van der Waals surface area contributed by atoms with Crippen LogP contribution in [-0.4, -0.2) is 60.2 Å². The maximum atomic E-state index is 15.1. The number of pyridine rings is 1. The number of aliphatic hydroxyl groups is 1. The molecule has 1 aliphatic carbocycles. The lowest BCUT2D eigenvalue weighted by Crippen LogP contribution is -2.35. The topological polar surface area (TPSA) is 199 Å². The highest BCUT2D eigenvalue weighted by Crippen LogP contribution is 2.49. The van der Waals surface area contributed by atoms with E-state index < -0.39 is 87.5 Å². The van der Waals surface area contributed by atoms with Crippen LogP contribution >= 0.6 is 11.6 Å². The molecule has 22 heteroatoms. The third-order valence-corrected chi connectivity index (χ3v) is 10.2. The van der Waals surface area contributed by atoms with Crippen LogP contribution in [0.2, 0.25) is 5.02 Å². The van der Waals surface area contributed by atoms with E-state index in [0.29, 0.717) is 16.3 Å². The zero-order valence-electron chi connectivity index (χ0n) is 30.3. The van der Waals surface area contributed by atoms with Gasteiger partial charge in [0.25, 0.3) is 12.3 Å². The van der Waals surface area contributed by atoms with E-state index >= 15 is 8.78 Å². The van der Waals surface area contributed by atoms with E-state index in [9.17, 15) is 35.9 Å². The van der Waals surface area contributed by atoms with E-state index in [1.807, 2.05) is 0 Å². The lowest BCUT2D eigenvalue weighted by atomic mass is 9.94. The minimum absolute atomic E-state index is 0.0110. The molecular weight excluding hydrogens is 806 g/mol. The molecule has 7 rings (SSSR count). The van der Waals surface area contributed by atoms with Crippen molar-refractivity contribution in [3.63, 3.8) is 0 Å². The number of fused-ring (bicyclic) bond motifs is 3. The number of imidazole rings is 1. The van der Waals surface area contributed by atoms with Crippen molar-refractivity contribution in [2.24, 2.45) is 12.8 Å². The highest BCUT2D eigenvalue weighted by atomic mass is 35.5. The van der Waals surface area contributed by atoms with Gasteiger partial charge in [-0.05, 0) is 50.1 Å². The Hall–Kier alpha value is -5.25. The molecule has 0 bridgehead atoms. The molecule has 0 unspecified atom stereocenters. The molecule has 6 N–H and O–H groups in total. The highest BCUT2D eigenvalue weighted by Gasteiger charge is 2.50. The molecule has 1 amide bonds. The number of alkyl halides is 4. The van der Waals surface area contributed by atoms with E-state index in [2.05, 4.69) is 30.2 Å². The summed E-state index contributed by atoms with van der Waals surface area (Å²) in [5.41, 5.74) is 2.91. The molecule has 302 valence electrons. The zero-order valence-corrected chi connectivity index (χ0v) is 31.9. The number of aromatic amines is 1. The summed E-state index contributed by atoms with van der Waals surface area (Å²) in [5.74, 6) is -6.66. The van der Waals surface area contributed by atoms with Crippen molar-refractivity contribution in [1.29, 1.82) is 0 Å². The van der Waals surface area contributed by atoms with Gasteiger partial charge in [-0.25, -0.2) is 35.9 Å². The number of carbonyl (C=O) groups is 1. The van der Waals surface area contributed by atoms with Gasteiger partial charge in [-0.2, -0.15) is 19.0 Å². The normalized spacial score (nSPS) is 16.1. The summed E-state index contributed by atoms with van der Waals surface area (Å²) in [6.07, 6.45) is -3.72. The number of hydrogen-bond donors (Lipinski definition) is 5. The maximum Gasteiger partial charge on any atom is 0.291 e. The van der Waals surface area contributed by atoms with Gasteiger partial charge >= 0.3 is 0 Å². The molecular formula is C35H33ClF6N10O4S. The molecule has 2 aromatic carbocycles. The number of benzene rings is 2. The van der Waals surface area contributed by atoms with Gasteiger partial charge in [-0.3, -0.25) is 18.9 Å². The largest absolute Gasteiger partial charge is 0.383 e. The van der Waals surface area contributed by atoms with Gasteiger partial charge in [0.2, 0.25) is 15.9 Å². The van der Waals surface area contributed by atoms with E-state index in [0.717, 1.165) is 18.4 Å². The van der Waals surface area contributed by atoms with E-state index in [1.54, 1.807) is 12.1 Å². The van der Waals surface area contributed by atoms with Gasteiger partial charge in [0.05, 0.1) is 39.4 Å². The minimum Gasteiger partial charge on any atom is -0.383 e. The lowest BCUT2D eigenvalue weighted by molar-refractivity contribution is -0.122. The van der Waals surface area contributed by atoms with Gasteiger partial charge in [-0.15, -0.1) is 0 Å². The number of nitrogens with zero attached hydrogens (tertiary/aromatic N) is 6. The summed E-state index contributed by atoms with van der Waals surface area (Å²) >= 11 is 6.60. The van der Waals surface area contributed by atoms with E-state index in [1.165, 1.54) is 31.6 Å². The van der Waals surface area contributed by atoms with Gasteiger partial charge in [0, 0.05) is 42.3 Å². The summed E-state index contributed by atoms with van der Waals surface area (Å²) < 4.78 is 116. The summed E-state index contributed by atoms with van der Waals surface area (Å²) in [6.45, 7) is 1.93. The summed E-state index contributed by atoms with van der Waals surface area (Å²) in [7, 11) is -2.34. The summed E-state index contributed by atoms with van der Waals surface area (Å²) in [6, 6.07) is 4.37. The van der Waals surface area contributed by atoms with Gasteiger partial charge in [0.15, 0.2) is 11.5 Å². The number of amides is 1. The van der Waals surface area contributed by atoms with Crippen LogP contribution in [-0.2, 0) is 46.4 Å². The predicted molar refractivity (Wildman–Crippen MR) is 196 cm³/mol. The molecule has 14 nitrogen and oxygen atoms in total. The number of sulfonamides is 1. The van der Waals surface area contributed by atoms with Crippen molar-refractivity contribution < 1.29 is 44.7 Å². The number of H-pyrrole nitrogens is 1. The van der Waals surface area contributed by atoms with Crippen LogP contribution in [0.3, 0.4) is 0 Å². The quantitative estimate of drug-likeness (QED) is 0.101. The third-order valence-electron chi connectivity index (χ3n) is 9.33. The first-order chi connectivity index (χ1) is 26.5. The van der Waals surface area contributed by atoms with Gasteiger partial charge in [0.1, 0.15) is 41.0 Å². The van der Waals surface area contributed by atoms with Crippen molar-refractivity contribution in [2.75, 3.05) is 11.0 Å². The molecule has 4 aromatic heterocycles. The Morgan fingerprint density at radius 3 is 2.42 bits per heavy atom. The first kappa shape index (κ1) is 40.0. The number of anilines is 1. The fourth-order valence-corrected chi connectivity index (χ4v) is 7.86. The highest BCUT2D eigenvalue weighted by molar-refractivity contribution is 7.92. The number of nitrogens with two attached hydrogens (primary N) is 1. The zero-order chi connectivity index (χ0) is 41.5. The molecule has 0 aliphatic heterocycles. The van der Waals surface area contributed by atoms with Crippen LogP contribution in [0.25, 0.3) is 33.2 Å². The smallest absolute Gasteiger partial charge is 0.291 e. The standard InChI is InChI=1S/C35H33ClF6N10O4S/c1-34(2,54)33-45-22-11-18(17-5-6-19(36)24-28(17)51(3)49-32(24)50-57(4,55)56)26(46-31(22)47-33)21(9-14-7-15(37)10-16(38)8-14)44-23(53)13-52-29-25(27(48-52)30(39)40)20(43)12-35(29,41)42/h5-8,10-11,20-21,30,54H,9,12-13,43H2,1-4H3,(H,44,53)(H,49,50)(H,45,46,47)/t20-,21-/m0/s1. The van der Waals surface area contributed by atoms with Crippen LogP contribution in [0.1, 0.15) is 72.8 Å². The van der Waals surface area contributed by atoms with Crippen molar-refractivity contribution in [1.82, 2.24) is 39.8 Å². The average molecular weight is 839 g/mol. The molecule has 4 heterocycles. The number of halogens is 7. The fraction of sp³-hybridized carbons (Fsp3) is 0.343. The molecule has 6 aromatic rings. The molecule has 2 atom stereocenters. The van der Waals surface area contributed by atoms with Gasteiger partial charge in [-0.1, -0.05) is 17.7 Å². The molecule has 0 saturated carbocycles. The van der Waals surface area contributed by atoms with Crippen molar-refractivity contribution in [3.8, 4) is 11.1 Å². The van der Waals surface area contributed by atoms with Crippen LogP contribution in [0.15, 0.2) is 36.4 Å². The number of aryl methyl sites for hydroxylation is 1. The Kier molecular flexibility index (Phi) is 9.81. The Morgan fingerprint density at radius 2 is 1.79 bits per heavy atom. The lowest BCUT2D eigenvalue weighted by Gasteiger charge is -2.23. The summed E-state index contributed by atoms with van der Waals surface area (Å²) in [5, 5.41) is 21.7. The van der Waals surface area contributed by atoms with Crippen molar-refractivity contribution in [3.05, 3.63) is 87.1 Å². The Morgan fingerprint density at radius 1 is 1.11 bits per heavy atom. The van der Waals surface area contributed by atoms with Crippen LogP contribution in [0.5, 0.6) is 0 Å². The molecule has 0 fully saturated rings. The first-order valence-electron chi connectivity index (χ1n) is 17.0. The number of rotatable bonds is 11.